The lowest BCUT2D eigenvalue weighted by Crippen LogP contribution is -2.30. The molecule has 0 aliphatic rings. The molecule has 2 aromatic carbocycles. The minimum absolute atomic E-state index is 0.0664. The zero-order valence-corrected chi connectivity index (χ0v) is 14.3. The van der Waals surface area contributed by atoms with Gasteiger partial charge in [-0.05, 0) is 30.7 Å². The van der Waals surface area contributed by atoms with Gasteiger partial charge >= 0.3 is 0 Å². The van der Waals surface area contributed by atoms with Crippen molar-refractivity contribution in [1.82, 2.24) is 4.90 Å². The molecular formula is C20H18N2O4. The predicted molar refractivity (Wildman–Crippen MR) is 96.6 cm³/mol. The van der Waals surface area contributed by atoms with Crippen molar-refractivity contribution in [3.8, 4) is 0 Å². The Bertz CT molecular complexity index is 918. The van der Waals surface area contributed by atoms with Crippen LogP contribution in [-0.4, -0.2) is 15.7 Å². The quantitative estimate of drug-likeness (QED) is 0.489. The van der Waals surface area contributed by atoms with Gasteiger partial charge in [0.05, 0.1) is 11.5 Å². The van der Waals surface area contributed by atoms with E-state index in [0.29, 0.717) is 12.3 Å². The highest BCUT2D eigenvalue weighted by Crippen LogP contribution is 2.22. The number of furan rings is 1. The first-order valence-corrected chi connectivity index (χ1v) is 8.16. The van der Waals surface area contributed by atoms with Crippen LogP contribution in [0.25, 0.3) is 0 Å². The van der Waals surface area contributed by atoms with Crippen molar-refractivity contribution in [2.45, 2.75) is 20.0 Å². The largest absolute Gasteiger partial charge is 0.464 e. The summed E-state index contributed by atoms with van der Waals surface area (Å²) < 4.78 is 5.59. The van der Waals surface area contributed by atoms with Gasteiger partial charge in [0.15, 0.2) is 0 Å². The Balaban J connectivity index is 1.94. The number of hydrogen-bond acceptors (Lipinski definition) is 4. The molecule has 0 saturated carbocycles. The van der Waals surface area contributed by atoms with Crippen LogP contribution in [0, 0.1) is 17.0 Å². The molecule has 0 aliphatic heterocycles. The Hall–Kier alpha value is -3.41. The molecule has 0 saturated heterocycles. The fraction of sp³-hybridized carbons (Fsp3) is 0.150. The van der Waals surface area contributed by atoms with Crippen LogP contribution in [0.3, 0.4) is 0 Å². The van der Waals surface area contributed by atoms with Crippen molar-refractivity contribution in [3.05, 3.63) is 99.5 Å². The van der Waals surface area contributed by atoms with E-state index in [1.54, 1.807) is 23.1 Å². The number of benzene rings is 2. The highest BCUT2D eigenvalue weighted by molar-refractivity contribution is 5.98. The molecule has 0 N–H and O–H groups in total. The lowest BCUT2D eigenvalue weighted by molar-refractivity contribution is -0.385. The Labute approximate surface area is 150 Å². The van der Waals surface area contributed by atoms with Gasteiger partial charge in [0.2, 0.25) is 0 Å². The van der Waals surface area contributed by atoms with Gasteiger partial charge in [0.25, 0.3) is 11.6 Å². The molecule has 0 spiro atoms. The maximum absolute atomic E-state index is 13.1. The molecule has 0 atom stereocenters. The summed E-state index contributed by atoms with van der Waals surface area (Å²) in [5.74, 6) is 0.971. The van der Waals surface area contributed by atoms with Gasteiger partial charge in [-0.15, -0.1) is 0 Å². The minimum atomic E-state index is -0.537. The van der Waals surface area contributed by atoms with Gasteiger partial charge in [-0.3, -0.25) is 14.9 Å². The highest BCUT2D eigenvalue weighted by atomic mass is 16.6. The molecule has 0 unspecified atom stereocenters. The molecule has 6 nitrogen and oxygen atoms in total. The standard InChI is InChI=1S/C20H18N2O4/c1-15-11-12-17(26-15)14-21(13-16-7-3-2-4-8-16)20(23)18-9-5-6-10-19(18)22(24)25/h2-12H,13-14H2,1H3. The van der Waals surface area contributed by atoms with E-state index in [-0.39, 0.29) is 17.8 Å². The first-order chi connectivity index (χ1) is 12.5. The van der Waals surface area contributed by atoms with Gasteiger partial charge in [0, 0.05) is 12.6 Å². The van der Waals surface area contributed by atoms with Crippen LogP contribution in [0.15, 0.2) is 71.1 Å². The molecule has 1 amide bonds. The van der Waals surface area contributed by atoms with Crippen molar-refractivity contribution >= 4 is 11.6 Å². The molecule has 132 valence electrons. The molecule has 0 radical (unpaired) electrons. The van der Waals surface area contributed by atoms with Crippen LogP contribution >= 0.6 is 0 Å². The van der Waals surface area contributed by atoms with Crippen LogP contribution in [0.1, 0.15) is 27.4 Å². The molecule has 0 fully saturated rings. The number of amides is 1. The van der Waals surface area contributed by atoms with E-state index < -0.39 is 10.8 Å². The van der Waals surface area contributed by atoms with Gasteiger partial charge in [0.1, 0.15) is 17.1 Å². The number of nitrogens with zero attached hydrogens (tertiary/aromatic N) is 2. The molecule has 3 rings (SSSR count). The van der Waals surface area contributed by atoms with E-state index in [1.165, 1.54) is 12.1 Å². The summed E-state index contributed by atoms with van der Waals surface area (Å²) in [6.07, 6.45) is 0. The van der Waals surface area contributed by atoms with Crippen LogP contribution in [-0.2, 0) is 13.1 Å². The summed E-state index contributed by atoms with van der Waals surface area (Å²) in [6.45, 7) is 2.38. The normalized spacial score (nSPS) is 10.5. The molecule has 26 heavy (non-hydrogen) atoms. The fourth-order valence-electron chi connectivity index (χ4n) is 2.75. The second-order valence-electron chi connectivity index (χ2n) is 5.93. The zero-order valence-electron chi connectivity index (χ0n) is 14.3. The van der Waals surface area contributed by atoms with Crippen molar-refractivity contribution < 1.29 is 14.1 Å². The smallest absolute Gasteiger partial charge is 0.282 e. The lowest BCUT2D eigenvalue weighted by Gasteiger charge is -2.22. The van der Waals surface area contributed by atoms with Gasteiger partial charge in [-0.25, -0.2) is 0 Å². The summed E-state index contributed by atoms with van der Waals surface area (Å²) in [5, 5.41) is 11.3. The van der Waals surface area contributed by atoms with Gasteiger partial charge in [-0.2, -0.15) is 0 Å². The fourth-order valence-corrected chi connectivity index (χ4v) is 2.75. The van der Waals surface area contributed by atoms with E-state index in [0.717, 1.165) is 11.3 Å². The number of carbonyl (C=O) groups excluding carboxylic acids is 1. The van der Waals surface area contributed by atoms with E-state index in [2.05, 4.69) is 0 Å². The summed E-state index contributed by atoms with van der Waals surface area (Å²) in [7, 11) is 0. The Morgan fingerprint density at radius 1 is 1.00 bits per heavy atom. The summed E-state index contributed by atoms with van der Waals surface area (Å²) >= 11 is 0. The predicted octanol–water partition coefficient (Wildman–Crippen LogP) is 4.34. The lowest BCUT2D eigenvalue weighted by atomic mass is 10.1. The van der Waals surface area contributed by atoms with E-state index >= 15 is 0 Å². The summed E-state index contributed by atoms with van der Waals surface area (Å²) in [4.78, 5) is 25.4. The topological polar surface area (TPSA) is 76.6 Å². The first kappa shape index (κ1) is 17.4. The number of para-hydroxylation sites is 1. The second kappa shape index (κ2) is 7.65. The third-order valence-corrected chi connectivity index (χ3v) is 3.98. The maximum atomic E-state index is 13.1. The van der Waals surface area contributed by atoms with E-state index in [9.17, 15) is 14.9 Å². The molecule has 6 heteroatoms. The molecule has 0 bridgehead atoms. The van der Waals surface area contributed by atoms with Crippen LogP contribution in [0.4, 0.5) is 5.69 Å². The number of carbonyl (C=O) groups is 1. The Kier molecular flexibility index (Phi) is 5.12. The van der Waals surface area contributed by atoms with Crippen LogP contribution in [0.2, 0.25) is 0 Å². The average Bonchev–Trinajstić information content (AvgIpc) is 3.06. The SMILES string of the molecule is Cc1ccc(CN(Cc2ccccc2)C(=O)c2ccccc2[N+](=O)[O-])o1. The number of aryl methyl sites for hydroxylation is 1. The molecule has 1 aromatic heterocycles. The summed E-state index contributed by atoms with van der Waals surface area (Å²) in [6, 6.07) is 19.1. The first-order valence-electron chi connectivity index (χ1n) is 8.16. The second-order valence-corrected chi connectivity index (χ2v) is 5.93. The van der Waals surface area contributed by atoms with E-state index in [4.69, 9.17) is 4.42 Å². The third-order valence-electron chi connectivity index (χ3n) is 3.98. The van der Waals surface area contributed by atoms with E-state index in [1.807, 2.05) is 43.3 Å². The van der Waals surface area contributed by atoms with Crippen LogP contribution in [0.5, 0.6) is 0 Å². The number of hydrogen-bond donors (Lipinski definition) is 0. The van der Waals surface area contributed by atoms with Gasteiger partial charge < -0.3 is 9.32 Å². The van der Waals surface area contributed by atoms with Crippen molar-refractivity contribution in [3.63, 3.8) is 0 Å². The molecule has 3 aromatic rings. The Morgan fingerprint density at radius 2 is 1.69 bits per heavy atom. The minimum Gasteiger partial charge on any atom is -0.464 e. The van der Waals surface area contributed by atoms with Gasteiger partial charge in [-0.1, -0.05) is 42.5 Å². The van der Waals surface area contributed by atoms with Crippen molar-refractivity contribution in [2.24, 2.45) is 0 Å². The zero-order chi connectivity index (χ0) is 18.5. The average molecular weight is 350 g/mol. The number of rotatable bonds is 6. The molecule has 0 aliphatic carbocycles. The van der Waals surface area contributed by atoms with Crippen molar-refractivity contribution in [2.75, 3.05) is 0 Å². The Morgan fingerprint density at radius 3 is 2.35 bits per heavy atom. The van der Waals surface area contributed by atoms with Crippen LogP contribution < -0.4 is 0 Å². The molecular weight excluding hydrogens is 332 g/mol. The highest BCUT2D eigenvalue weighted by Gasteiger charge is 2.25. The third kappa shape index (κ3) is 3.97. The number of nitro groups is 1. The number of nitro benzene ring substituents is 1. The monoisotopic (exact) mass is 350 g/mol. The van der Waals surface area contributed by atoms with Crippen molar-refractivity contribution in [1.29, 1.82) is 0 Å². The molecule has 1 heterocycles. The summed E-state index contributed by atoms with van der Waals surface area (Å²) in [5.41, 5.74) is 0.797. The maximum Gasteiger partial charge on any atom is 0.282 e.